The number of allylic oxidation sites excluding steroid dienone is 1. The molecule has 3 unspecified atom stereocenters. The molecule has 0 spiro atoms. The van der Waals surface area contributed by atoms with Gasteiger partial charge < -0.3 is 9.84 Å². The van der Waals surface area contributed by atoms with Gasteiger partial charge >= 0.3 is 5.97 Å². The Balaban J connectivity index is 1.41. The van der Waals surface area contributed by atoms with Crippen LogP contribution in [-0.2, 0) is 9.53 Å². The molecule has 1 N–H and O–H groups in total. The van der Waals surface area contributed by atoms with Crippen molar-refractivity contribution in [3.05, 3.63) is 11.6 Å². The molecule has 206 valence electrons. The summed E-state index contributed by atoms with van der Waals surface area (Å²) in [5, 5.41) is 9.01. The molecule has 0 amide bonds. The third-order valence-corrected chi connectivity index (χ3v) is 12.1. The van der Waals surface area contributed by atoms with Gasteiger partial charge in [0.15, 0.2) is 0 Å². The summed E-state index contributed by atoms with van der Waals surface area (Å²) in [6.07, 6.45) is 17.7. The molecule has 3 saturated carbocycles. The van der Waals surface area contributed by atoms with E-state index >= 15 is 0 Å². The van der Waals surface area contributed by atoms with Gasteiger partial charge in [-0.25, -0.2) is 0 Å². The Bertz CT molecular complexity index is 786. The van der Waals surface area contributed by atoms with E-state index in [-0.39, 0.29) is 18.7 Å². The molecule has 0 bridgehead atoms. The summed E-state index contributed by atoms with van der Waals surface area (Å²) in [7, 11) is 0. The fraction of sp³-hybridized carbons (Fsp3) is 0.909. The predicted molar refractivity (Wildman–Crippen MR) is 148 cm³/mol. The van der Waals surface area contributed by atoms with Crippen LogP contribution >= 0.6 is 0 Å². The largest absolute Gasteiger partial charge is 0.462 e. The summed E-state index contributed by atoms with van der Waals surface area (Å²) in [6.45, 7) is 15.1. The molecular formula is C33H56O3. The first-order chi connectivity index (χ1) is 17.1. The van der Waals surface area contributed by atoms with E-state index in [0.29, 0.717) is 23.7 Å². The highest BCUT2D eigenvalue weighted by atomic mass is 16.5. The first-order valence-electron chi connectivity index (χ1n) is 15.6. The molecule has 3 nitrogen and oxygen atoms in total. The van der Waals surface area contributed by atoms with Crippen LogP contribution in [0.3, 0.4) is 0 Å². The lowest BCUT2D eigenvalue weighted by molar-refractivity contribution is -0.151. The van der Waals surface area contributed by atoms with E-state index in [4.69, 9.17) is 9.84 Å². The summed E-state index contributed by atoms with van der Waals surface area (Å²) < 4.78 is 5.82. The van der Waals surface area contributed by atoms with Crippen molar-refractivity contribution in [2.24, 2.45) is 52.3 Å². The zero-order valence-electron chi connectivity index (χ0n) is 24.4. The van der Waals surface area contributed by atoms with Gasteiger partial charge in [0.25, 0.3) is 0 Å². The van der Waals surface area contributed by atoms with Gasteiger partial charge in [-0.05, 0) is 110 Å². The average molecular weight is 501 g/mol. The van der Waals surface area contributed by atoms with Crippen LogP contribution in [0.15, 0.2) is 11.6 Å². The Morgan fingerprint density at radius 1 is 1.08 bits per heavy atom. The molecule has 9 atom stereocenters. The number of carbonyl (C=O) groups excluding carboxylic acids is 1. The van der Waals surface area contributed by atoms with Crippen molar-refractivity contribution < 1.29 is 14.6 Å². The second kappa shape index (κ2) is 11.5. The molecule has 36 heavy (non-hydrogen) atoms. The Morgan fingerprint density at radius 2 is 1.86 bits per heavy atom. The molecule has 0 aromatic carbocycles. The second-order valence-electron chi connectivity index (χ2n) is 14.1. The number of esters is 1. The number of aliphatic hydroxyl groups is 1. The maximum atomic E-state index is 12.2. The van der Waals surface area contributed by atoms with Gasteiger partial charge in [0.2, 0.25) is 0 Å². The first kappa shape index (κ1) is 28.2. The first-order valence-corrected chi connectivity index (χ1v) is 15.6. The highest BCUT2D eigenvalue weighted by Gasteiger charge is 2.59. The average Bonchev–Trinajstić information content (AvgIpc) is 3.20. The van der Waals surface area contributed by atoms with E-state index in [1.807, 2.05) is 0 Å². The van der Waals surface area contributed by atoms with Gasteiger partial charge in [0.1, 0.15) is 6.10 Å². The summed E-state index contributed by atoms with van der Waals surface area (Å²) >= 11 is 0. The Hall–Kier alpha value is -0.830. The maximum absolute atomic E-state index is 12.2. The molecule has 0 radical (unpaired) electrons. The van der Waals surface area contributed by atoms with Crippen molar-refractivity contribution in [1.82, 2.24) is 0 Å². The van der Waals surface area contributed by atoms with E-state index in [0.717, 1.165) is 60.7 Å². The fourth-order valence-corrected chi connectivity index (χ4v) is 9.86. The minimum Gasteiger partial charge on any atom is -0.462 e. The van der Waals surface area contributed by atoms with Gasteiger partial charge in [0, 0.05) is 19.4 Å². The third kappa shape index (κ3) is 5.34. The van der Waals surface area contributed by atoms with Crippen LogP contribution in [0.1, 0.15) is 125 Å². The number of fused-ring (bicyclic) bond motifs is 5. The van der Waals surface area contributed by atoms with E-state index in [9.17, 15) is 4.79 Å². The van der Waals surface area contributed by atoms with E-state index < -0.39 is 0 Å². The molecule has 3 fully saturated rings. The van der Waals surface area contributed by atoms with Gasteiger partial charge in [-0.1, -0.05) is 66.0 Å². The molecule has 0 saturated heterocycles. The number of carbonyl (C=O) groups is 1. The SMILES string of the molecule is CC[C@H](CC[C@@H](C)[C@H]1CCC2C3CC=C4C[C@@H](OC(=O)CCCO)CC[C@]4(C)C3CC[C@@]21C)C(C)C. The second-order valence-corrected chi connectivity index (χ2v) is 14.1. The topological polar surface area (TPSA) is 46.5 Å². The number of ether oxygens (including phenoxy) is 1. The summed E-state index contributed by atoms with van der Waals surface area (Å²) in [5.41, 5.74) is 2.41. The Labute approximate surface area is 222 Å². The van der Waals surface area contributed by atoms with E-state index in [1.54, 1.807) is 5.57 Å². The molecule has 0 aliphatic heterocycles. The maximum Gasteiger partial charge on any atom is 0.306 e. The van der Waals surface area contributed by atoms with Crippen molar-refractivity contribution in [1.29, 1.82) is 0 Å². The van der Waals surface area contributed by atoms with E-state index in [1.165, 1.54) is 51.4 Å². The van der Waals surface area contributed by atoms with Crippen LogP contribution < -0.4 is 0 Å². The van der Waals surface area contributed by atoms with Crippen molar-refractivity contribution >= 4 is 5.97 Å². The fourth-order valence-electron chi connectivity index (χ4n) is 9.86. The smallest absolute Gasteiger partial charge is 0.306 e. The molecule has 4 rings (SSSR count). The molecule has 3 heteroatoms. The number of rotatable bonds is 10. The van der Waals surface area contributed by atoms with Crippen molar-refractivity contribution in [2.45, 2.75) is 131 Å². The van der Waals surface area contributed by atoms with Crippen LogP contribution in [0.4, 0.5) is 0 Å². The standard InChI is InChI=1S/C33H56O3/c1-7-24(22(2)3)11-10-23(4)28-14-15-29-27-13-12-25-21-26(36-31(35)9-8-20-34)16-18-32(25,5)30(27)17-19-33(28,29)6/h12,22-24,26-30,34H,7-11,13-21H2,1-6H3/t23-,24-,26+,27?,28-,29?,30?,32+,33-/m1/s1. The Morgan fingerprint density at radius 3 is 2.56 bits per heavy atom. The van der Waals surface area contributed by atoms with Gasteiger partial charge in [-0.15, -0.1) is 0 Å². The Kier molecular flexibility index (Phi) is 9.01. The monoisotopic (exact) mass is 500 g/mol. The van der Waals surface area contributed by atoms with Crippen LogP contribution in [0.25, 0.3) is 0 Å². The molecule has 0 aromatic rings. The van der Waals surface area contributed by atoms with Gasteiger partial charge in [-0.2, -0.15) is 0 Å². The van der Waals surface area contributed by atoms with Crippen LogP contribution in [0.5, 0.6) is 0 Å². The molecule has 4 aliphatic carbocycles. The van der Waals surface area contributed by atoms with Crippen LogP contribution in [0, 0.1) is 52.3 Å². The minimum atomic E-state index is -0.134. The number of hydrogen-bond acceptors (Lipinski definition) is 3. The zero-order valence-corrected chi connectivity index (χ0v) is 24.4. The summed E-state index contributed by atoms with van der Waals surface area (Å²) in [4.78, 5) is 12.2. The highest BCUT2D eigenvalue weighted by molar-refractivity contribution is 5.69. The van der Waals surface area contributed by atoms with Crippen LogP contribution in [-0.4, -0.2) is 23.8 Å². The lowest BCUT2D eigenvalue weighted by Crippen LogP contribution is -2.51. The van der Waals surface area contributed by atoms with Gasteiger partial charge in [0.05, 0.1) is 0 Å². The summed E-state index contributed by atoms with van der Waals surface area (Å²) in [6, 6.07) is 0. The molecule has 0 heterocycles. The van der Waals surface area contributed by atoms with Crippen LogP contribution in [0.2, 0.25) is 0 Å². The number of aliphatic hydroxyl groups excluding tert-OH is 1. The minimum absolute atomic E-state index is 0.0374. The molecule has 4 aliphatic rings. The zero-order chi connectivity index (χ0) is 26.1. The predicted octanol–water partition coefficient (Wildman–Crippen LogP) is 8.35. The lowest BCUT2D eigenvalue weighted by atomic mass is 9.47. The number of hydrogen-bond donors (Lipinski definition) is 1. The third-order valence-electron chi connectivity index (χ3n) is 12.1. The molecular weight excluding hydrogens is 444 g/mol. The van der Waals surface area contributed by atoms with Crippen molar-refractivity contribution in [3.8, 4) is 0 Å². The molecule has 0 aromatic heterocycles. The summed E-state index contributed by atoms with van der Waals surface area (Å²) in [5.74, 6) is 5.86. The normalized spacial score (nSPS) is 39.6. The van der Waals surface area contributed by atoms with E-state index in [2.05, 4.69) is 47.6 Å². The lowest BCUT2D eigenvalue weighted by Gasteiger charge is -2.58. The van der Waals surface area contributed by atoms with Crippen molar-refractivity contribution in [3.63, 3.8) is 0 Å². The van der Waals surface area contributed by atoms with Gasteiger partial charge in [-0.3, -0.25) is 4.79 Å². The van der Waals surface area contributed by atoms with Crippen molar-refractivity contribution in [2.75, 3.05) is 6.61 Å². The highest BCUT2D eigenvalue weighted by Crippen LogP contribution is 2.67. The quantitative estimate of drug-likeness (QED) is 0.242.